The molecule has 20 heavy (non-hydrogen) atoms. The summed E-state index contributed by atoms with van der Waals surface area (Å²) in [5, 5.41) is 8.54. The molecule has 0 fully saturated rings. The number of carboxylic acid groups (broad SMARTS) is 1. The smallest absolute Gasteiger partial charge is 0.306 e. The summed E-state index contributed by atoms with van der Waals surface area (Å²) in [6.07, 6.45) is -0.00235. The van der Waals surface area contributed by atoms with Crippen LogP contribution in [0.15, 0.2) is 48.5 Å². The highest BCUT2D eigenvalue weighted by molar-refractivity contribution is 5.67. The van der Waals surface area contributed by atoms with Gasteiger partial charge >= 0.3 is 5.97 Å². The van der Waals surface area contributed by atoms with Crippen molar-refractivity contribution in [1.82, 2.24) is 0 Å². The molecular weight excluding hydrogens is 256 g/mol. The van der Waals surface area contributed by atoms with E-state index in [2.05, 4.69) is 0 Å². The van der Waals surface area contributed by atoms with Gasteiger partial charge in [-0.25, -0.2) is 0 Å². The van der Waals surface area contributed by atoms with Gasteiger partial charge in [0.25, 0.3) is 0 Å². The van der Waals surface area contributed by atoms with Crippen molar-refractivity contribution >= 4 is 5.97 Å². The van der Waals surface area contributed by atoms with Crippen LogP contribution in [0, 0.1) is 0 Å². The van der Waals surface area contributed by atoms with Crippen molar-refractivity contribution in [3.63, 3.8) is 0 Å². The summed E-state index contributed by atoms with van der Waals surface area (Å²) < 4.78 is 10.5. The van der Waals surface area contributed by atoms with Crippen molar-refractivity contribution in [3.05, 3.63) is 48.5 Å². The molecule has 2 aromatic carbocycles. The lowest BCUT2D eigenvalue weighted by Crippen LogP contribution is -2.04. The lowest BCUT2D eigenvalue weighted by atomic mass is 10.1. The molecule has 0 amide bonds. The summed E-state index contributed by atoms with van der Waals surface area (Å²) in [6.45, 7) is 0.174. The second-order valence-corrected chi connectivity index (χ2v) is 4.25. The maximum atomic E-state index is 10.4. The quantitative estimate of drug-likeness (QED) is 0.877. The van der Waals surface area contributed by atoms with Crippen LogP contribution in [0.1, 0.15) is 6.42 Å². The molecule has 104 valence electrons. The second kappa shape index (κ2) is 6.61. The first-order valence-electron chi connectivity index (χ1n) is 6.28. The van der Waals surface area contributed by atoms with Crippen molar-refractivity contribution in [3.8, 4) is 22.6 Å². The van der Waals surface area contributed by atoms with Crippen LogP contribution in [0.25, 0.3) is 11.1 Å². The number of hydrogen-bond acceptors (Lipinski definition) is 3. The molecular formula is C16H16O4. The van der Waals surface area contributed by atoms with Gasteiger partial charge in [-0.15, -0.1) is 0 Å². The van der Waals surface area contributed by atoms with E-state index in [9.17, 15) is 4.79 Å². The van der Waals surface area contributed by atoms with Gasteiger partial charge in [0.1, 0.15) is 11.5 Å². The Kier molecular flexibility index (Phi) is 4.60. The van der Waals surface area contributed by atoms with Crippen LogP contribution >= 0.6 is 0 Å². The molecule has 2 aromatic rings. The minimum atomic E-state index is -0.863. The Morgan fingerprint density at radius 1 is 1.05 bits per heavy atom. The summed E-state index contributed by atoms with van der Waals surface area (Å²) in [5.41, 5.74) is 2.11. The molecule has 0 aromatic heterocycles. The minimum Gasteiger partial charge on any atom is -0.497 e. The largest absolute Gasteiger partial charge is 0.497 e. The first kappa shape index (κ1) is 13.9. The fourth-order valence-corrected chi connectivity index (χ4v) is 1.80. The van der Waals surface area contributed by atoms with E-state index in [4.69, 9.17) is 14.6 Å². The molecule has 0 radical (unpaired) electrons. The van der Waals surface area contributed by atoms with Crippen LogP contribution in [0.5, 0.6) is 11.5 Å². The molecule has 0 aliphatic heterocycles. The SMILES string of the molecule is COc1cccc(-c2ccc(OCCC(=O)O)cc2)c1. The van der Waals surface area contributed by atoms with Crippen LogP contribution < -0.4 is 9.47 Å². The molecule has 0 aliphatic carbocycles. The van der Waals surface area contributed by atoms with Gasteiger partial charge in [0.05, 0.1) is 20.1 Å². The summed E-state index contributed by atoms with van der Waals surface area (Å²) in [7, 11) is 1.64. The zero-order valence-electron chi connectivity index (χ0n) is 11.2. The summed E-state index contributed by atoms with van der Waals surface area (Å²) in [5.74, 6) is 0.611. The van der Waals surface area contributed by atoms with E-state index in [0.29, 0.717) is 5.75 Å². The molecule has 0 spiro atoms. The number of carbonyl (C=O) groups is 1. The highest BCUT2D eigenvalue weighted by atomic mass is 16.5. The van der Waals surface area contributed by atoms with Crippen molar-refractivity contribution in [2.45, 2.75) is 6.42 Å². The predicted octanol–water partition coefficient (Wildman–Crippen LogP) is 3.22. The molecule has 4 nitrogen and oxygen atoms in total. The average Bonchev–Trinajstić information content (AvgIpc) is 2.48. The lowest BCUT2D eigenvalue weighted by molar-refractivity contribution is -0.137. The Morgan fingerprint density at radius 3 is 2.45 bits per heavy atom. The third-order valence-electron chi connectivity index (χ3n) is 2.84. The van der Waals surface area contributed by atoms with Crippen LogP contribution in [0.4, 0.5) is 0 Å². The molecule has 0 saturated carbocycles. The number of methoxy groups -OCH3 is 1. The fraction of sp³-hybridized carbons (Fsp3) is 0.188. The first-order chi connectivity index (χ1) is 9.69. The zero-order chi connectivity index (χ0) is 14.4. The van der Waals surface area contributed by atoms with Crippen LogP contribution in [-0.4, -0.2) is 24.8 Å². The normalized spacial score (nSPS) is 10.1. The standard InChI is InChI=1S/C16H16O4/c1-19-15-4-2-3-13(11-15)12-5-7-14(8-6-12)20-10-9-16(17)18/h2-8,11H,9-10H2,1H3,(H,17,18). The highest BCUT2D eigenvalue weighted by Gasteiger charge is 2.02. The summed E-state index contributed by atoms with van der Waals surface area (Å²) in [6, 6.07) is 15.3. The Labute approximate surface area is 117 Å². The molecule has 0 aliphatic rings. The van der Waals surface area contributed by atoms with E-state index in [0.717, 1.165) is 16.9 Å². The van der Waals surface area contributed by atoms with Crippen LogP contribution in [-0.2, 0) is 4.79 Å². The van der Waals surface area contributed by atoms with Gasteiger partial charge in [0.2, 0.25) is 0 Å². The molecule has 0 heterocycles. The van der Waals surface area contributed by atoms with E-state index in [1.165, 1.54) is 0 Å². The van der Waals surface area contributed by atoms with Gasteiger partial charge in [-0.1, -0.05) is 24.3 Å². The molecule has 0 unspecified atom stereocenters. The predicted molar refractivity (Wildman–Crippen MR) is 76.2 cm³/mol. The maximum Gasteiger partial charge on any atom is 0.306 e. The molecule has 0 atom stereocenters. The number of aliphatic carboxylic acids is 1. The van der Waals surface area contributed by atoms with E-state index < -0.39 is 5.97 Å². The number of hydrogen-bond donors (Lipinski definition) is 1. The molecule has 0 bridgehead atoms. The topological polar surface area (TPSA) is 55.8 Å². The van der Waals surface area contributed by atoms with Gasteiger partial charge in [-0.05, 0) is 35.4 Å². The molecule has 0 saturated heterocycles. The maximum absolute atomic E-state index is 10.4. The molecule has 2 rings (SSSR count). The molecule has 4 heteroatoms. The summed E-state index contributed by atoms with van der Waals surface area (Å²) in [4.78, 5) is 10.4. The first-order valence-corrected chi connectivity index (χ1v) is 6.28. The van der Waals surface area contributed by atoms with Gasteiger partial charge in [-0.3, -0.25) is 4.79 Å². The van der Waals surface area contributed by atoms with E-state index in [1.807, 2.05) is 48.5 Å². The lowest BCUT2D eigenvalue weighted by Gasteiger charge is -2.07. The fourth-order valence-electron chi connectivity index (χ4n) is 1.80. The Morgan fingerprint density at radius 2 is 1.80 bits per heavy atom. The third-order valence-corrected chi connectivity index (χ3v) is 2.84. The number of carboxylic acids is 1. The van der Waals surface area contributed by atoms with Gasteiger partial charge < -0.3 is 14.6 Å². The highest BCUT2D eigenvalue weighted by Crippen LogP contribution is 2.25. The van der Waals surface area contributed by atoms with Crippen LogP contribution in [0.2, 0.25) is 0 Å². The van der Waals surface area contributed by atoms with Gasteiger partial charge in [-0.2, -0.15) is 0 Å². The minimum absolute atomic E-state index is 0.00235. The van der Waals surface area contributed by atoms with E-state index in [-0.39, 0.29) is 13.0 Å². The van der Waals surface area contributed by atoms with Crippen molar-refractivity contribution in [2.24, 2.45) is 0 Å². The van der Waals surface area contributed by atoms with Crippen molar-refractivity contribution < 1.29 is 19.4 Å². The number of ether oxygens (including phenoxy) is 2. The van der Waals surface area contributed by atoms with Crippen molar-refractivity contribution in [2.75, 3.05) is 13.7 Å². The monoisotopic (exact) mass is 272 g/mol. The third kappa shape index (κ3) is 3.75. The van der Waals surface area contributed by atoms with E-state index in [1.54, 1.807) is 7.11 Å². The van der Waals surface area contributed by atoms with Crippen LogP contribution in [0.3, 0.4) is 0 Å². The number of rotatable bonds is 6. The van der Waals surface area contributed by atoms with E-state index >= 15 is 0 Å². The molecule has 1 N–H and O–H groups in total. The Bertz CT molecular complexity index is 575. The average molecular weight is 272 g/mol. The van der Waals surface area contributed by atoms with Gasteiger partial charge in [0, 0.05) is 0 Å². The van der Waals surface area contributed by atoms with Crippen molar-refractivity contribution in [1.29, 1.82) is 0 Å². The zero-order valence-corrected chi connectivity index (χ0v) is 11.2. The number of benzene rings is 2. The Balaban J connectivity index is 2.05. The van der Waals surface area contributed by atoms with Gasteiger partial charge in [0.15, 0.2) is 0 Å². The summed E-state index contributed by atoms with van der Waals surface area (Å²) >= 11 is 0. The second-order valence-electron chi connectivity index (χ2n) is 4.25. The Hall–Kier alpha value is -2.49.